The number of benzene rings is 2. The van der Waals surface area contributed by atoms with Gasteiger partial charge in [-0.15, -0.1) is 0 Å². The molecule has 2 atom stereocenters. The molecule has 0 aromatic heterocycles. The van der Waals surface area contributed by atoms with Gasteiger partial charge in [0.1, 0.15) is 6.10 Å². The quantitative estimate of drug-likeness (QED) is 0.905. The van der Waals surface area contributed by atoms with Crippen LogP contribution >= 0.6 is 0 Å². The fourth-order valence-electron chi connectivity index (χ4n) is 3.23. The van der Waals surface area contributed by atoms with E-state index in [1.165, 1.54) is 0 Å². The summed E-state index contributed by atoms with van der Waals surface area (Å²) in [6.45, 7) is 5.16. The van der Waals surface area contributed by atoms with Crippen LogP contribution in [0.5, 0.6) is 0 Å². The first kappa shape index (κ1) is 18.3. The standard InChI is InChI=1S/C21H27N3O2/c1-15-12-18(23(3)4)10-11-19(15)22-21(25)24-13-16(2)26-20(14-24)17-8-6-5-7-9-17/h5-12,16,20H,13-14H2,1-4H3,(H,22,25). The van der Waals surface area contributed by atoms with Gasteiger partial charge in [0.05, 0.1) is 12.6 Å². The van der Waals surface area contributed by atoms with E-state index in [1.54, 1.807) is 0 Å². The third-order valence-electron chi connectivity index (χ3n) is 4.69. The molecule has 1 saturated heterocycles. The maximum Gasteiger partial charge on any atom is 0.322 e. The van der Waals surface area contributed by atoms with Gasteiger partial charge in [0.25, 0.3) is 0 Å². The fourth-order valence-corrected chi connectivity index (χ4v) is 3.23. The number of hydrogen-bond acceptors (Lipinski definition) is 3. The summed E-state index contributed by atoms with van der Waals surface area (Å²) in [5, 5.41) is 3.05. The van der Waals surface area contributed by atoms with E-state index < -0.39 is 0 Å². The number of nitrogens with one attached hydrogen (secondary N) is 1. The second-order valence-electron chi connectivity index (χ2n) is 7.07. The van der Waals surface area contributed by atoms with Crippen molar-refractivity contribution in [2.24, 2.45) is 0 Å². The molecule has 1 aliphatic rings. The lowest BCUT2D eigenvalue weighted by molar-refractivity contribution is -0.0642. The van der Waals surface area contributed by atoms with Gasteiger partial charge < -0.3 is 19.9 Å². The van der Waals surface area contributed by atoms with E-state index in [0.29, 0.717) is 13.1 Å². The number of urea groups is 1. The smallest absolute Gasteiger partial charge is 0.322 e. The summed E-state index contributed by atoms with van der Waals surface area (Å²) in [4.78, 5) is 16.7. The Morgan fingerprint density at radius 2 is 1.88 bits per heavy atom. The van der Waals surface area contributed by atoms with E-state index in [2.05, 4.69) is 11.4 Å². The first-order valence-corrected chi connectivity index (χ1v) is 8.98. The molecule has 2 aromatic rings. The first-order chi connectivity index (χ1) is 12.4. The predicted octanol–water partition coefficient (Wildman–Crippen LogP) is 4.05. The van der Waals surface area contributed by atoms with Gasteiger partial charge in [-0.2, -0.15) is 0 Å². The number of nitrogens with zero attached hydrogens (tertiary/aromatic N) is 2. The van der Waals surface area contributed by atoms with Gasteiger partial charge in [-0.25, -0.2) is 4.79 Å². The number of morpholine rings is 1. The van der Waals surface area contributed by atoms with Crippen molar-refractivity contribution in [2.45, 2.75) is 26.1 Å². The zero-order chi connectivity index (χ0) is 18.7. The molecule has 0 spiro atoms. The van der Waals surface area contributed by atoms with Crippen molar-refractivity contribution < 1.29 is 9.53 Å². The highest BCUT2D eigenvalue weighted by Gasteiger charge is 2.29. The highest BCUT2D eigenvalue weighted by molar-refractivity contribution is 5.90. The van der Waals surface area contributed by atoms with Gasteiger partial charge in [-0.05, 0) is 43.2 Å². The number of rotatable bonds is 3. The van der Waals surface area contributed by atoms with Gasteiger partial charge in [-0.1, -0.05) is 30.3 Å². The maximum atomic E-state index is 12.8. The molecule has 0 radical (unpaired) electrons. The Kier molecular flexibility index (Phi) is 5.47. The average Bonchev–Trinajstić information content (AvgIpc) is 2.63. The van der Waals surface area contributed by atoms with Crippen LogP contribution in [-0.4, -0.2) is 44.2 Å². The zero-order valence-corrected chi connectivity index (χ0v) is 15.9. The summed E-state index contributed by atoms with van der Waals surface area (Å²) in [5.41, 5.74) is 4.11. The van der Waals surface area contributed by atoms with Crippen LogP contribution in [0.3, 0.4) is 0 Å². The molecule has 2 unspecified atom stereocenters. The molecule has 138 valence electrons. The molecule has 1 N–H and O–H groups in total. The Hall–Kier alpha value is -2.53. The predicted molar refractivity (Wildman–Crippen MR) is 106 cm³/mol. The molecule has 2 aromatic carbocycles. The number of ether oxygens (including phenoxy) is 1. The van der Waals surface area contributed by atoms with E-state index in [4.69, 9.17) is 4.74 Å². The van der Waals surface area contributed by atoms with E-state index >= 15 is 0 Å². The molecule has 1 aliphatic heterocycles. The maximum absolute atomic E-state index is 12.8. The van der Waals surface area contributed by atoms with Gasteiger partial charge in [0.2, 0.25) is 0 Å². The third kappa shape index (κ3) is 4.17. The molecule has 3 rings (SSSR count). The molecular formula is C21H27N3O2. The van der Waals surface area contributed by atoms with Gasteiger partial charge >= 0.3 is 6.03 Å². The van der Waals surface area contributed by atoms with Crippen LogP contribution in [0.2, 0.25) is 0 Å². The number of hydrogen-bond donors (Lipinski definition) is 1. The number of aryl methyl sites for hydroxylation is 1. The molecule has 1 heterocycles. The Labute approximate surface area is 155 Å². The Bertz CT molecular complexity index is 761. The molecule has 0 saturated carbocycles. The van der Waals surface area contributed by atoms with E-state index in [1.807, 2.05) is 80.2 Å². The minimum Gasteiger partial charge on any atom is -0.378 e. The minimum atomic E-state index is -0.0945. The third-order valence-corrected chi connectivity index (χ3v) is 4.69. The lowest BCUT2D eigenvalue weighted by Gasteiger charge is -2.37. The minimum absolute atomic E-state index is 0.00285. The van der Waals surface area contributed by atoms with Crippen LogP contribution < -0.4 is 10.2 Å². The Morgan fingerprint density at radius 3 is 2.54 bits per heavy atom. The van der Waals surface area contributed by atoms with Crippen LogP contribution in [0.15, 0.2) is 48.5 Å². The van der Waals surface area contributed by atoms with Crippen LogP contribution in [0.4, 0.5) is 16.2 Å². The number of anilines is 2. The van der Waals surface area contributed by atoms with Crippen LogP contribution in [0.25, 0.3) is 0 Å². The Morgan fingerprint density at radius 1 is 1.15 bits per heavy atom. The lowest BCUT2D eigenvalue weighted by atomic mass is 10.1. The zero-order valence-electron chi connectivity index (χ0n) is 15.9. The number of carbonyl (C=O) groups is 1. The van der Waals surface area contributed by atoms with Crippen molar-refractivity contribution in [3.05, 3.63) is 59.7 Å². The van der Waals surface area contributed by atoms with Gasteiger partial charge in [0, 0.05) is 32.0 Å². The fraction of sp³-hybridized carbons (Fsp3) is 0.381. The molecule has 0 bridgehead atoms. The van der Waals surface area contributed by atoms with Crippen LogP contribution in [0, 0.1) is 6.92 Å². The monoisotopic (exact) mass is 353 g/mol. The van der Waals surface area contributed by atoms with Crippen molar-refractivity contribution >= 4 is 17.4 Å². The largest absolute Gasteiger partial charge is 0.378 e. The van der Waals surface area contributed by atoms with Crippen molar-refractivity contribution in [1.29, 1.82) is 0 Å². The van der Waals surface area contributed by atoms with E-state index in [9.17, 15) is 4.79 Å². The molecule has 0 aliphatic carbocycles. The molecule has 5 nitrogen and oxygen atoms in total. The lowest BCUT2D eigenvalue weighted by Crippen LogP contribution is -2.47. The van der Waals surface area contributed by atoms with Crippen molar-refractivity contribution in [1.82, 2.24) is 4.90 Å². The molecule has 1 fully saturated rings. The van der Waals surface area contributed by atoms with Crippen LogP contribution in [0.1, 0.15) is 24.2 Å². The summed E-state index contributed by atoms with van der Waals surface area (Å²) in [7, 11) is 4.01. The SMILES string of the molecule is Cc1cc(N(C)C)ccc1NC(=O)N1CC(C)OC(c2ccccc2)C1. The van der Waals surface area contributed by atoms with E-state index in [-0.39, 0.29) is 18.2 Å². The summed E-state index contributed by atoms with van der Waals surface area (Å²) < 4.78 is 6.04. The van der Waals surface area contributed by atoms with Gasteiger partial charge in [-0.3, -0.25) is 0 Å². The second-order valence-corrected chi connectivity index (χ2v) is 7.07. The number of amides is 2. The summed E-state index contributed by atoms with van der Waals surface area (Å²) >= 11 is 0. The van der Waals surface area contributed by atoms with E-state index in [0.717, 1.165) is 22.5 Å². The summed E-state index contributed by atoms with van der Waals surface area (Å²) in [6.07, 6.45) is -0.0974. The summed E-state index contributed by atoms with van der Waals surface area (Å²) in [5.74, 6) is 0. The van der Waals surface area contributed by atoms with Crippen LogP contribution in [-0.2, 0) is 4.74 Å². The molecule has 2 amide bonds. The second kappa shape index (κ2) is 7.79. The normalized spacial score (nSPS) is 19.9. The van der Waals surface area contributed by atoms with Gasteiger partial charge in [0.15, 0.2) is 0 Å². The molecule has 26 heavy (non-hydrogen) atoms. The van der Waals surface area contributed by atoms with Crippen molar-refractivity contribution in [3.63, 3.8) is 0 Å². The van der Waals surface area contributed by atoms with Crippen molar-refractivity contribution in [2.75, 3.05) is 37.4 Å². The highest BCUT2D eigenvalue weighted by atomic mass is 16.5. The topological polar surface area (TPSA) is 44.8 Å². The molecule has 5 heteroatoms. The van der Waals surface area contributed by atoms with Crippen molar-refractivity contribution in [3.8, 4) is 0 Å². The summed E-state index contributed by atoms with van der Waals surface area (Å²) in [6, 6.07) is 16.0. The first-order valence-electron chi connectivity index (χ1n) is 8.98. The average molecular weight is 353 g/mol. The molecular weight excluding hydrogens is 326 g/mol. The number of carbonyl (C=O) groups excluding carboxylic acids is 1. The highest BCUT2D eigenvalue weighted by Crippen LogP contribution is 2.26. The Balaban J connectivity index is 1.71.